The van der Waals surface area contributed by atoms with Crippen molar-refractivity contribution in [3.63, 3.8) is 0 Å². The maximum absolute atomic E-state index is 4.26. The molecule has 0 spiro atoms. The molecule has 0 aliphatic rings. The number of imidazole rings is 1. The average molecular weight is 229 g/mol. The first-order valence-electron chi connectivity index (χ1n) is 4.31. The van der Waals surface area contributed by atoms with E-state index in [1.807, 2.05) is 6.20 Å². The third-order valence-electron chi connectivity index (χ3n) is 2.26. The van der Waals surface area contributed by atoms with E-state index >= 15 is 0 Å². The zero-order chi connectivity index (χ0) is 9.26. The van der Waals surface area contributed by atoms with Gasteiger partial charge in [-0.05, 0) is 23.9 Å². The van der Waals surface area contributed by atoms with Gasteiger partial charge in [0.1, 0.15) is 0 Å². The topological polar surface area (TPSA) is 28.7 Å². The van der Waals surface area contributed by atoms with Crippen LogP contribution in [0.5, 0.6) is 0 Å². The minimum Gasteiger partial charge on any atom is -0.351 e. The van der Waals surface area contributed by atoms with E-state index in [1.54, 1.807) is 17.7 Å². The predicted molar refractivity (Wildman–Crippen MR) is 62.4 cm³/mol. The number of nitrogens with zero attached hydrogens (tertiary/aromatic N) is 1. The van der Waals surface area contributed by atoms with Crippen molar-refractivity contribution in [3.8, 4) is 0 Å². The third-order valence-corrected chi connectivity index (χ3v) is 3.46. The van der Waals surface area contributed by atoms with Gasteiger partial charge >= 0.3 is 0 Å². The standard InChI is InChI=1S/C10H12N2S.ClH/c1-7-3-4-13-10(7)8(2)9-5-11-6-12-9;/h3-6,8H,1-2H3,(H,11,12);1H. The number of nitrogens with one attached hydrogen (secondary N) is 1. The highest BCUT2D eigenvalue weighted by atomic mass is 35.5. The summed E-state index contributed by atoms with van der Waals surface area (Å²) in [5.41, 5.74) is 2.48. The molecule has 2 rings (SSSR count). The van der Waals surface area contributed by atoms with Gasteiger partial charge in [0.05, 0.1) is 12.0 Å². The van der Waals surface area contributed by atoms with Crippen LogP contribution < -0.4 is 0 Å². The lowest BCUT2D eigenvalue weighted by atomic mass is 10.0. The van der Waals surface area contributed by atoms with E-state index in [0.29, 0.717) is 5.92 Å². The molecule has 0 aliphatic heterocycles. The molecule has 0 saturated carbocycles. The molecule has 2 aromatic rings. The molecule has 0 bridgehead atoms. The molecule has 0 amide bonds. The van der Waals surface area contributed by atoms with Gasteiger partial charge < -0.3 is 4.98 Å². The van der Waals surface area contributed by atoms with Crippen molar-refractivity contribution < 1.29 is 0 Å². The van der Waals surface area contributed by atoms with Gasteiger partial charge in [0.15, 0.2) is 0 Å². The molecule has 14 heavy (non-hydrogen) atoms. The Kier molecular flexibility index (Phi) is 3.72. The lowest BCUT2D eigenvalue weighted by Gasteiger charge is -2.06. The van der Waals surface area contributed by atoms with Crippen molar-refractivity contribution in [1.29, 1.82) is 0 Å². The minimum absolute atomic E-state index is 0. The molecule has 1 atom stereocenters. The van der Waals surface area contributed by atoms with E-state index in [1.165, 1.54) is 10.4 Å². The average Bonchev–Trinajstić information content (AvgIpc) is 2.72. The Morgan fingerprint density at radius 2 is 2.29 bits per heavy atom. The molecule has 4 heteroatoms. The number of halogens is 1. The van der Waals surface area contributed by atoms with Gasteiger partial charge in [-0.25, -0.2) is 4.98 Å². The number of H-pyrrole nitrogens is 1. The van der Waals surface area contributed by atoms with Gasteiger partial charge in [-0.15, -0.1) is 23.7 Å². The molecule has 0 radical (unpaired) electrons. The van der Waals surface area contributed by atoms with Crippen molar-refractivity contribution in [1.82, 2.24) is 9.97 Å². The van der Waals surface area contributed by atoms with Crippen LogP contribution in [0.1, 0.15) is 29.0 Å². The quantitative estimate of drug-likeness (QED) is 0.839. The second-order valence-electron chi connectivity index (χ2n) is 3.18. The van der Waals surface area contributed by atoms with Crippen LogP contribution in [0.3, 0.4) is 0 Å². The van der Waals surface area contributed by atoms with Crippen molar-refractivity contribution in [3.05, 3.63) is 40.1 Å². The summed E-state index contributed by atoms with van der Waals surface area (Å²) in [6.45, 7) is 4.34. The molecular formula is C10H13ClN2S. The maximum Gasteiger partial charge on any atom is 0.0923 e. The number of aromatic amines is 1. The van der Waals surface area contributed by atoms with Crippen molar-refractivity contribution in [2.75, 3.05) is 0 Å². The molecule has 2 nitrogen and oxygen atoms in total. The molecule has 0 fully saturated rings. The van der Waals surface area contributed by atoms with Crippen LogP contribution in [0.25, 0.3) is 0 Å². The van der Waals surface area contributed by atoms with E-state index in [9.17, 15) is 0 Å². The largest absolute Gasteiger partial charge is 0.351 e. The molecule has 0 aliphatic carbocycles. The van der Waals surface area contributed by atoms with Gasteiger partial charge in [0.25, 0.3) is 0 Å². The number of aryl methyl sites for hydroxylation is 1. The van der Waals surface area contributed by atoms with Crippen LogP contribution in [-0.2, 0) is 0 Å². The smallest absolute Gasteiger partial charge is 0.0923 e. The predicted octanol–water partition coefficient (Wildman–Crippen LogP) is 3.35. The molecule has 2 heterocycles. The lowest BCUT2D eigenvalue weighted by Crippen LogP contribution is -1.94. The number of thiophene rings is 1. The summed E-state index contributed by atoms with van der Waals surface area (Å²) < 4.78 is 0. The van der Waals surface area contributed by atoms with Crippen molar-refractivity contribution in [2.45, 2.75) is 19.8 Å². The van der Waals surface area contributed by atoms with Crippen LogP contribution in [0.4, 0.5) is 0 Å². The molecule has 0 saturated heterocycles. The fraction of sp³-hybridized carbons (Fsp3) is 0.300. The van der Waals surface area contributed by atoms with E-state index in [0.717, 1.165) is 5.69 Å². The number of hydrogen-bond acceptors (Lipinski definition) is 2. The summed E-state index contributed by atoms with van der Waals surface area (Å²) in [5.74, 6) is 0.409. The van der Waals surface area contributed by atoms with Crippen molar-refractivity contribution in [2.24, 2.45) is 0 Å². The molecule has 76 valence electrons. The highest BCUT2D eigenvalue weighted by Gasteiger charge is 2.13. The zero-order valence-electron chi connectivity index (χ0n) is 8.15. The van der Waals surface area contributed by atoms with E-state index in [4.69, 9.17) is 0 Å². The first-order valence-corrected chi connectivity index (χ1v) is 5.19. The van der Waals surface area contributed by atoms with Crippen LogP contribution >= 0.6 is 23.7 Å². The van der Waals surface area contributed by atoms with Crippen LogP contribution in [0.15, 0.2) is 24.0 Å². The van der Waals surface area contributed by atoms with Gasteiger partial charge in [-0.2, -0.15) is 0 Å². The fourth-order valence-corrected chi connectivity index (χ4v) is 2.47. The molecule has 2 aromatic heterocycles. The van der Waals surface area contributed by atoms with Crippen LogP contribution in [-0.4, -0.2) is 9.97 Å². The Bertz CT molecular complexity index is 380. The molecule has 1 unspecified atom stereocenters. The highest BCUT2D eigenvalue weighted by molar-refractivity contribution is 7.10. The van der Waals surface area contributed by atoms with E-state index < -0.39 is 0 Å². The van der Waals surface area contributed by atoms with Crippen LogP contribution in [0.2, 0.25) is 0 Å². The van der Waals surface area contributed by atoms with E-state index in [-0.39, 0.29) is 12.4 Å². The lowest BCUT2D eigenvalue weighted by molar-refractivity contribution is 0.896. The summed E-state index contributed by atoms with van der Waals surface area (Å²) in [4.78, 5) is 8.66. The monoisotopic (exact) mass is 228 g/mol. The number of rotatable bonds is 2. The normalized spacial score (nSPS) is 12.1. The zero-order valence-corrected chi connectivity index (χ0v) is 9.78. The first kappa shape index (κ1) is 11.3. The minimum atomic E-state index is 0. The Hall–Kier alpha value is -0.800. The molecule has 0 aromatic carbocycles. The Morgan fingerprint density at radius 1 is 1.50 bits per heavy atom. The summed E-state index contributed by atoms with van der Waals surface area (Å²) in [6.07, 6.45) is 3.69. The Morgan fingerprint density at radius 3 is 2.79 bits per heavy atom. The second-order valence-corrected chi connectivity index (χ2v) is 4.13. The molecular weight excluding hydrogens is 216 g/mol. The highest BCUT2D eigenvalue weighted by Crippen LogP contribution is 2.29. The SMILES string of the molecule is Cc1ccsc1C(C)c1c[nH]cn1.Cl. The summed E-state index contributed by atoms with van der Waals surface area (Å²) >= 11 is 1.80. The molecule has 1 N–H and O–H groups in total. The van der Waals surface area contributed by atoms with Gasteiger partial charge in [0, 0.05) is 17.0 Å². The summed E-state index contributed by atoms with van der Waals surface area (Å²) in [7, 11) is 0. The summed E-state index contributed by atoms with van der Waals surface area (Å²) in [5, 5.41) is 2.13. The first-order chi connectivity index (χ1) is 6.29. The Balaban J connectivity index is 0.000000980. The second kappa shape index (κ2) is 4.62. The Labute approximate surface area is 93.8 Å². The number of hydrogen-bond donors (Lipinski definition) is 1. The maximum atomic E-state index is 4.26. The third kappa shape index (κ3) is 1.99. The summed E-state index contributed by atoms with van der Waals surface area (Å²) in [6, 6.07) is 2.16. The van der Waals surface area contributed by atoms with Crippen LogP contribution in [0, 0.1) is 6.92 Å². The fourth-order valence-electron chi connectivity index (χ4n) is 1.47. The van der Waals surface area contributed by atoms with Gasteiger partial charge in [0.2, 0.25) is 0 Å². The van der Waals surface area contributed by atoms with Gasteiger partial charge in [-0.3, -0.25) is 0 Å². The van der Waals surface area contributed by atoms with Crippen molar-refractivity contribution >= 4 is 23.7 Å². The van der Waals surface area contributed by atoms with E-state index in [2.05, 4.69) is 35.3 Å². The number of aromatic nitrogens is 2. The van der Waals surface area contributed by atoms with Gasteiger partial charge in [-0.1, -0.05) is 6.92 Å².